The van der Waals surface area contributed by atoms with Crippen molar-refractivity contribution in [3.63, 3.8) is 0 Å². The van der Waals surface area contributed by atoms with Crippen LogP contribution in [0.2, 0.25) is 0 Å². The van der Waals surface area contributed by atoms with Crippen molar-refractivity contribution in [2.24, 2.45) is 5.41 Å². The van der Waals surface area contributed by atoms with Crippen molar-refractivity contribution in [2.75, 3.05) is 26.4 Å². The molecule has 0 aromatic heterocycles. The van der Waals surface area contributed by atoms with E-state index in [0.29, 0.717) is 17.6 Å². The Morgan fingerprint density at radius 1 is 1.43 bits per heavy atom. The zero-order valence-corrected chi connectivity index (χ0v) is 9.21. The van der Waals surface area contributed by atoms with E-state index in [2.05, 4.69) is 19.2 Å². The lowest BCUT2D eigenvalue weighted by atomic mass is 9.85. The number of ether oxygens (including phenoxy) is 2. The van der Waals surface area contributed by atoms with Crippen molar-refractivity contribution >= 4 is 0 Å². The van der Waals surface area contributed by atoms with Gasteiger partial charge in [-0.25, -0.2) is 0 Å². The summed E-state index contributed by atoms with van der Waals surface area (Å²) in [5, 5.41) is 3.59. The van der Waals surface area contributed by atoms with Crippen LogP contribution in [0.5, 0.6) is 0 Å². The lowest BCUT2D eigenvalue weighted by molar-refractivity contribution is -0.104. The van der Waals surface area contributed by atoms with Gasteiger partial charge in [0.15, 0.2) is 0 Å². The predicted molar refractivity (Wildman–Crippen MR) is 55.4 cm³/mol. The maximum atomic E-state index is 5.52. The number of nitrogens with one attached hydrogen (secondary N) is 1. The van der Waals surface area contributed by atoms with E-state index >= 15 is 0 Å². The third-order valence-electron chi connectivity index (χ3n) is 3.22. The van der Waals surface area contributed by atoms with Crippen LogP contribution in [0.15, 0.2) is 0 Å². The van der Waals surface area contributed by atoms with Gasteiger partial charge >= 0.3 is 0 Å². The molecule has 0 radical (unpaired) electrons. The zero-order valence-electron chi connectivity index (χ0n) is 9.21. The molecule has 82 valence electrons. The molecule has 1 saturated heterocycles. The van der Waals surface area contributed by atoms with Crippen LogP contribution in [-0.4, -0.2) is 38.5 Å². The van der Waals surface area contributed by atoms with Gasteiger partial charge in [-0.3, -0.25) is 0 Å². The molecule has 0 bridgehead atoms. The van der Waals surface area contributed by atoms with Gasteiger partial charge in [-0.05, 0) is 19.8 Å². The minimum absolute atomic E-state index is 0.400. The number of hydrogen-bond acceptors (Lipinski definition) is 3. The van der Waals surface area contributed by atoms with Crippen LogP contribution in [0.3, 0.4) is 0 Å². The first kappa shape index (κ1) is 10.4. The molecule has 1 aliphatic heterocycles. The molecule has 0 aromatic carbocycles. The molecule has 0 atom stereocenters. The molecule has 3 heteroatoms. The number of hydrogen-bond donors (Lipinski definition) is 1. The van der Waals surface area contributed by atoms with E-state index in [4.69, 9.17) is 9.47 Å². The molecule has 1 N–H and O–H groups in total. The summed E-state index contributed by atoms with van der Waals surface area (Å²) in [7, 11) is 0. The van der Waals surface area contributed by atoms with Gasteiger partial charge < -0.3 is 14.8 Å². The van der Waals surface area contributed by atoms with Crippen LogP contribution in [0, 0.1) is 5.41 Å². The monoisotopic (exact) mass is 199 g/mol. The molecular formula is C11H21NO2. The van der Waals surface area contributed by atoms with Crippen LogP contribution in [0.25, 0.3) is 0 Å². The number of rotatable bonds is 5. The molecule has 3 nitrogen and oxygen atoms in total. The molecule has 2 aliphatic rings. The molecule has 1 aliphatic carbocycles. The summed E-state index contributed by atoms with van der Waals surface area (Å²) in [6.07, 6.45) is 2.89. The Morgan fingerprint density at radius 3 is 2.64 bits per heavy atom. The van der Waals surface area contributed by atoms with E-state index in [9.17, 15) is 0 Å². The highest BCUT2D eigenvalue weighted by Gasteiger charge is 2.36. The summed E-state index contributed by atoms with van der Waals surface area (Å²) in [6, 6.07) is 0.684. The van der Waals surface area contributed by atoms with E-state index in [1.807, 2.05) is 0 Å². The molecule has 0 aromatic rings. The SMILES string of the molecule is CCOC1CC(NCC2(C)COC2)C1. The summed E-state index contributed by atoms with van der Waals surface area (Å²) in [5.74, 6) is 0. The maximum absolute atomic E-state index is 5.52. The second-order valence-corrected chi connectivity index (χ2v) is 4.93. The molecule has 0 amide bonds. The van der Waals surface area contributed by atoms with Gasteiger partial charge in [0.2, 0.25) is 0 Å². The summed E-state index contributed by atoms with van der Waals surface area (Å²) in [5.41, 5.74) is 0.400. The Balaban J connectivity index is 1.56. The van der Waals surface area contributed by atoms with Crippen molar-refractivity contribution in [1.29, 1.82) is 0 Å². The first-order valence-corrected chi connectivity index (χ1v) is 5.64. The summed E-state index contributed by atoms with van der Waals surface area (Å²) in [6.45, 7) is 8.12. The van der Waals surface area contributed by atoms with Gasteiger partial charge in [-0.1, -0.05) is 6.92 Å². The van der Waals surface area contributed by atoms with Gasteiger partial charge in [-0.15, -0.1) is 0 Å². The van der Waals surface area contributed by atoms with Crippen molar-refractivity contribution in [3.05, 3.63) is 0 Å². The highest BCUT2D eigenvalue weighted by molar-refractivity contribution is 4.90. The van der Waals surface area contributed by atoms with Gasteiger partial charge in [-0.2, -0.15) is 0 Å². The normalized spacial score (nSPS) is 34.7. The topological polar surface area (TPSA) is 30.5 Å². The van der Waals surface area contributed by atoms with E-state index in [0.717, 1.165) is 26.4 Å². The van der Waals surface area contributed by atoms with Gasteiger partial charge in [0.1, 0.15) is 0 Å². The fourth-order valence-electron chi connectivity index (χ4n) is 2.05. The Hall–Kier alpha value is -0.120. The van der Waals surface area contributed by atoms with Crippen LogP contribution in [0.4, 0.5) is 0 Å². The Kier molecular flexibility index (Phi) is 3.10. The highest BCUT2D eigenvalue weighted by Crippen LogP contribution is 2.28. The summed E-state index contributed by atoms with van der Waals surface area (Å²) < 4.78 is 10.7. The standard InChI is InChI=1S/C11H21NO2/c1-3-14-10-4-9(5-10)12-6-11(2)7-13-8-11/h9-10,12H,3-8H2,1-2H3. The van der Waals surface area contributed by atoms with Crippen molar-refractivity contribution in [1.82, 2.24) is 5.32 Å². The van der Waals surface area contributed by atoms with Gasteiger partial charge in [0, 0.05) is 24.6 Å². The molecule has 1 saturated carbocycles. The van der Waals surface area contributed by atoms with E-state index in [1.165, 1.54) is 12.8 Å². The maximum Gasteiger partial charge on any atom is 0.0604 e. The fourth-order valence-corrected chi connectivity index (χ4v) is 2.05. The summed E-state index contributed by atoms with van der Waals surface area (Å²) in [4.78, 5) is 0. The third-order valence-corrected chi connectivity index (χ3v) is 3.22. The first-order chi connectivity index (χ1) is 6.72. The second-order valence-electron chi connectivity index (χ2n) is 4.93. The largest absolute Gasteiger partial charge is 0.380 e. The van der Waals surface area contributed by atoms with E-state index in [1.54, 1.807) is 0 Å². The Bertz CT molecular complexity index is 186. The lowest BCUT2D eigenvalue weighted by Gasteiger charge is -2.42. The molecule has 2 rings (SSSR count). The molecule has 0 unspecified atom stereocenters. The average molecular weight is 199 g/mol. The van der Waals surface area contributed by atoms with Gasteiger partial charge in [0.05, 0.1) is 19.3 Å². The van der Waals surface area contributed by atoms with E-state index < -0.39 is 0 Å². The van der Waals surface area contributed by atoms with Crippen molar-refractivity contribution in [2.45, 2.75) is 38.8 Å². The van der Waals surface area contributed by atoms with Crippen LogP contribution >= 0.6 is 0 Å². The minimum Gasteiger partial charge on any atom is -0.380 e. The average Bonchev–Trinajstić information content (AvgIpc) is 2.05. The zero-order chi connectivity index (χ0) is 10.0. The molecule has 2 fully saturated rings. The van der Waals surface area contributed by atoms with Gasteiger partial charge in [0.25, 0.3) is 0 Å². The van der Waals surface area contributed by atoms with E-state index in [-0.39, 0.29) is 0 Å². The Labute approximate surface area is 86.2 Å². The first-order valence-electron chi connectivity index (χ1n) is 5.64. The van der Waals surface area contributed by atoms with Crippen molar-refractivity contribution in [3.8, 4) is 0 Å². The smallest absolute Gasteiger partial charge is 0.0604 e. The Morgan fingerprint density at radius 2 is 2.14 bits per heavy atom. The fraction of sp³-hybridized carbons (Fsp3) is 1.00. The summed E-state index contributed by atoms with van der Waals surface area (Å²) >= 11 is 0. The quantitative estimate of drug-likeness (QED) is 0.721. The van der Waals surface area contributed by atoms with Crippen LogP contribution in [0.1, 0.15) is 26.7 Å². The third kappa shape index (κ3) is 2.27. The second kappa shape index (κ2) is 4.17. The van der Waals surface area contributed by atoms with Crippen molar-refractivity contribution < 1.29 is 9.47 Å². The molecule has 0 spiro atoms. The minimum atomic E-state index is 0.400. The molecule has 14 heavy (non-hydrogen) atoms. The lowest BCUT2D eigenvalue weighted by Crippen LogP contribution is -2.53. The van der Waals surface area contributed by atoms with Crippen LogP contribution < -0.4 is 5.32 Å². The highest BCUT2D eigenvalue weighted by atomic mass is 16.5. The van der Waals surface area contributed by atoms with Crippen LogP contribution in [-0.2, 0) is 9.47 Å². The molecular weight excluding hydrogens is 178 g/mol. The predicted octanol–water partition coefficient (Wildman–Crippen LogP) is 1.18. The molecule has 1 heterocycles.